The first-order valence-electron chi connectivity index (χ1n) is 5.98. The van der Waals surface area contributed by atoms with Gasteiger partial charge in [-0.2, -0.15) is 0 Å². The maximum absolute atomic E-state index is 13.0. The van der Waals surface area contributed by atoms with Crippen molar-refractivity contribution in [3.8, 4) is 11.4 Å². The van der Waals surface area contributed by atoms with Crippen LogP contribution in [0.25, 0.3) is 11.4 Å². The van der Waals surface area contributed by atoms with Crippen molar-refractivity contribution >= 4 is 5.69 Å². The average Bonchev–Trinajstić information content (AvgIpc) is 2.73. The molecule has 5 nitrogen and oxygen atoms in total. The molecule has 0 saturated heterocycles. The fourth-order valence-electron chi connectivity index (χ4n) is 2.41. The van der Waals surface area contributed by atoms with E-state index in [1.165, 1.54) is 12.1 Å². The number of hydrogen-bond acceptors (Lipinski definition) is 4. The smallest absolute Gasteiger partial charge is 0.184 e. The first-order valence-corrected chi connectivity index (χ1v) is 5.98. The lowest BCUT2D eigenvalue weighted by Gasteiger charge is -2.32. The molecule has 2 aromatic rings. The van der Waals surface area contributed by atoms with Crippen molar-refractivity contribution in [1.82, 2.24) is 20.2 Å². The van der Waals surface area contributed by atoms with Gasteiger partial charge in [0.1, 0.15) is 5.82 Å². The molecule has 1 aliphatic rings. The number of nitrogen functional groups attached to an aromatic ring is 1. The molecule has 18 heavy (non-hydrogen) atoms. The SMILES string of the molecule is CC1CC(n2nnnc2-c2ccc(F)cc2N)C1. The summed E-state index contributed by atoms with van der Waals surface area (Å²) in [6.45, 7) is 2.20. The van der Waals surface area contributed by atoms with Gasteiger partial charge in [-0.1, -0.05) is 6.92 Å². The Morgan fingerprint density at radius 1 is 1.39 bits per heavy atom. The van der Waals surface area contributed by atoms with Crippen molar-refractivity contribution < 1.29 is 4.39 Å². The van der Waals surface area contributed by atoms with Gasteiger partial charge < -0.3 is 5.73 Å². The molecule has 2 N–H and O–H groups in total. The summed E-state index contributed by atoms with van der Waals surface area (Å²) in [4.78, 5) is 0. The highest BCUT2D eigenvalue weighted by Crippen LogP contribution is 2.39. The quantitative estimate of drug-likeness (QED) is 0.824. The van der Waals surface area contributed by atoms with Crippen LogP contribution in [0.3, 0.4) is 0 Å². The largest absolute Gasteiger partial charge is 0.398 e. The Hall–Kier alpha value is -1.98. The number of aromatic nitrogens is 4. The number of benzene rings is 1. The third-order valence-electron chi connectivity index (χ3n) is 3.44. The predicted molar refractivity (Wildman–Crippen MR) is 65.1 cm³/mol. The summed E-state index contributed by atoms with van der Waals surface area (Å²) in [6.07, 6.45) is 2.14. The molecule has 0 unspecified atom stereocenters. The fourth-order valence-corrected chi connectivity index (χ4v) is 2.41. The first kappa shape index (κ1) is 11.1. The molecule has 1 aromatic carbocycles. The van der Waals surface area contributed by atoms with Gasteiger partial charge in [0.2, 0.25) is 0 Å². The van der Waals surface area contributed by atoms with Crippen LogP contribution in [0, 0.1) is 11.7 Å². The van der Waals surface area contributed by atoms with Crippen LogP contribution in [0.4, 0.5) is 10.1 Å². The molecule has 94 valence electrons. The molecule has 6 heteroatoms. The Bertz CT molecular complexity index is 574. The van der Waals surface area contributed by atoms with Gasteiger partial charge in [-0.05, 0) is 47.4 Å². The van der Waals surface area contributed by atoms with Crippen molar-refractivity contribution in [3.05, 3.63) is 24.0 Å². The zero-order chi connectivity index (χ0) is 12.7. The molecule has 1 aromatic heterocycles. The Labute approximate surface area is 104 Å². The third kappa shape index (κ3) is 1.73. The number of nitrogens with zero attached hydrogens (tertiary/aromatic N) is 4. The lowest BCUT2D eigenvalue weighted by atomic mass is 9.82. The summed E-state index contributed by atoms with van der Waals surface area (Å²) in [5.41, 5.74) is 6.86. The van der Waals surface area contributed by atoms with Crippen molar-refractivity contribution in [2.45, 2.75) is 25.8 Å². The Morgan fingerprint density at radius 3 is 2.83 bits per heavy atom. The van der Waals surface area contributed by atoms with Crippen molar-refractivity contribution in [1.29, 1.82) is 0 Å². The van der Waals surface area contributed by atoms with E-state index in [0.29, 0.717) is 29.0 Å². The van der Waals surface area contributed by atoms with Gasteiger partial charge in [0, 0.05) is 11.3 Å². The summed E-state index contributed by atoms with van der Waals surface area (Å²) in [6, 6.07) is 4.61. The van der Waals surface area contributed by atoms with E-state index >= 15 is 0 Å². The highest BCUT2D eigenvalue weighted by molar-refractivity contribution is 5.71. The number of tetrazole rings is 1. The molecular weight excluding hydrogens is 233 g/mol. The van der Waals surface area contributed by atoms with Crippen LogP contribution in [0.15, 0.2) is 18.2 Å². The molecule has 1 saturated carbocycles. The minimum Gasteiger partial charge on any atom is -0.398 e. The first-order chi connectivity index (χ1) is 8.65. The zero-order valence-electron chi connectivity index (χ0n) is 10.0. The third-order valence-corrected chi connectivity index (χ3v) is 3.44. The van der Waals surface area contributed by atoms with Crippen LogP contribution in [0.5, 0.6) is 0 Å². The van der Waals surface area contributed by atoms with E-state index in [2.05, 4.69) is 22.4 Å². The summed E-state index contributed by atoms with van der Waals surface area (Å²) >= 11 is 0. The number of nitrogens with two attached hydrogens (primary N) is 1. The van der Waals surface area contributed by atoms with E-state index in [9.17, 15) is 4.39 Å². The molecule has 0 aliphatic heterocycles. The van der Waals surface area contributed by atoms with E-state index in [1.807, 2.05) is 0 Å². The Balaban J connectivity index is 1.99. The highest BCUT2D eigenvalue weighted by Gasteiger charge is 2.30. The van der Waals surface area contributed by atoms with Crippen LogP contribution in [0.2, 0.25) is 0 Å². The number of rotatable bonds is 2. The van der Waals surface area contributed by atoms with E-state index in [1.54, 1.807) is 10.7 Å². The lowest BCUT2D eigenvalue weighted by molar-refractivity contribution is 0.199. The zero-order valence-corrected chi connectivity index (χ0v) is 10.0. The average molecular weight is 247 g/mol. The summed E-state index contributed by atoms with van der Waals surface area (Å²) in [5, 5.41) is 11.7. The van der Waals surface area contributed by atoms with Gasteiger partial charge in [-0.15, -0.1) is 5.10 Å². The van der Waals surface area contributed by atoms with E-state index in [-0.39, 0.29) is 5.82 Å². The van der Waals surface area contributed by atoms with Gasteiger partial charge in [0.05, 0.1) is 6.04 Å². The highest BCUT2D eigenvalue weighted by atomic mass is 19.1. The molecular formula is C12H14FN5. The van der Waals surface area contributed by atoms with E-state index in [4.69, 9.17) is 5.73 Å². The standard InChI is InChI=1S/C12H14FN5/c1-7-4-9(5-7)18-12(15-16-17-18)10-3-2-8(13)6-11(10)14/h2-3,6-7,9H,4-5,14H2,1H3. The molecule has 3 rings (SSSR count). The molecule has 0 bridgehead atoms. The normalized spacial score (nSPS) is 22.8. The molecule has 0 radical (unpaired) electrons. The second-order valence-electron chi connectivity index (χ2n) is 4.91. The Morgan fingerprint density at radius 2 is 2.17 bits per heavy atom. The van der Waals surface area contributed by atoms with Gasteiger partial charge in [0.15, 0.2) is 5.82 Å². The number of hydrogen-bond donors (Lipinski definition) is 1. The molecule has 1 heterocycles. The second kappa shape index (κ2) is 4.04. The van der Waals surface area contributed by atoms with Crippen molar-refractivity contribution in [2.24, 2.45) is 5.92 Å². The summed E-state index contributed by atoms with van der Waals surface area (Å²) in [7, 11) is 0. The van der Waals surface area contributed by atoms with Crippen LogP contribution < -0.4 is 5.73 Å². The molecule has 1 aliphatic carbocycles. The van der Waals surface area contributed by atoms with Crippen LogP contribution in [0.1, 0.15) is 25.8 Å². The molecule has 0 atom stereocenters. The lowest BCUT2D eigenvalue weighted by Crippen LogP contribution is -2.26. The minimum absolute atomic E-state index is 0.328. The molecule has 0 spiro atoms. The van der Waals surface area contributed by atoms with E-state index < -0.39 is 0 Å². The number of halogens is 1. The van der Waals surface area contributed by atoms with Crippen LogP contribution >= 0.6 is 0 Å². The summed E-state index contributed by atoms with van der Waals surface area (Å²) in [5.74, 6) is 0.967. The predicted octanol–water partition coefficient (Wildman–Crippen LogP) is 2.03. The maximum atomic E-state index is 13.0. The van der Waals surface area contributed by atoms with E-state index in [0.717, 1.165) is 12.8 Å². The minimum atomic E-state index is -0.354. The fraction of sp³-hybridized carbons (Fsp3) is 0.417. The molecule has 0 amide bonds. The van der Waals surface area contributed by atoms with Crippen molar-refractivity contribution in [3.63, 3.8) is 0 Å². The monoisotopic (exact) mass is 247 g/mol. The topological polar surface area (TPSA) is 69.6 Å². The van der Waals surface area contributed by atoms with Gasteiger partial charge >= 0.3 is 0 Å². The van der Waals surface area contributed by atoms with Gasteiger partial charge in [0.25, 0.3) is 0 Å². The van der Waals surface area contributed by atoms with Gasteiger partial charge in [-0.25, -0.2) is 9.07 Å². The van der Waals surface area contributed by atoms with Gasteiger partial charge in [-0.3, -0.25) is 0 Å². The Kier molecular flexibility index (Phi) is 2.50. The van der Waals surface area contributed by atoms with Crippen LogP contribution in [-0.4, -0.2) is 20.2 Å². The van der Waals surface area contributed by atoms with Crippen molar-refractivity contribution in [2.75, 3.05) is 5.73 Å². The summed E-state index contributed by atoms with van der Waals surface area (Å²) < 4.78 is 14.8. The number of anilines is 1. The second-order valence-corrected chi connectivity index (χ2v) is 4.91. The molecule has 1 fully saturated rings. The van der Waals surface area contributed by atoms with Crippen LogP contribution in [-0.2, 0) is 0 Å². The maximum Gasteiger partial charge on any atom is 0.184 e.